The first-order chi connectivity index (χ1) is 6.90. The Morgan fingerprint density at radius 3 is 3.07 bits per heavy atom. The maximum absolute atomic E-state index is 5.62. The first kappa shape index (κ1) is 7.70. The molecule has 1 aliphatic heterocycles. The smallest absolute Gasteiger partial charge is 0.137 e. The lowest BCUT2D eigenvalue weighted by Crippen LogP contribution is -2.19. The Kier molecular flexibility index (Phi) is 1.46. The van der Waals surface area contributed by atoms with Gasteiger partial charge in [0.2, 0.25) is 0 Å². The highest BCUT2D eigenvalue weighted by atomic mass is 15.2. The van der Waals surface area contributed by atoms with Crippen molar-refractivity contribution in [1.29, 1.82) is 0 Å². The lowest BCUT2D eigenvalue weighted by atomic mass is 10.3. The third kappa shape index (κ3) is 0.858. The van der Waals surface area contributed by atoms with Gasteiger partial charge >= 0.3 is 0 Å². The number of benzene rings is 1. The molecule has 4 heteroatoms. The summed E-state index contributed by atoms with van der Waals surface area (Å²) >= 11 is 0. The van der Waals surface area contributed by atoms with Crippen molar-refractivity contribution in [3.63, 3.8) is 0 Å². The Morgan fingerprint density at radius 2 is 2.21 bits per heavy atom. The minimum Gasteiger partial charge on any atom is -0.324 e. The van der Waals surface area contributed by atoms with Crippen LogP contribution in [0.3, 0.4) is 0 Å². The van der Waals surface area contributed by atoms with Crippen LogP contribution in [0.2, 0.25) is 0 Å². The number of nitrogens with two attached hydrogens (primary N) is 1. The Labute approximate surface area is 81.1 Å². The molecule has 0 fully saturated rings. The Bertz CT molecular complexity index is 524. The van der Waals surface area contributed by atoms with Crippen LogP contribution in [0.15, 0.2) is 29.3 Å². The van der Waals surface area contributed by atoms with E-state index in [1.807, 2.05) is 24.3 Å². The molecule has 4 nitrogen and oxygen atoms in total. The predicted octanol–water partition coefficient (Wildman–Crippen LogP) is 0.755. The van der Waals surface area contributed by atoms with Crippen molar-refractivity contribution in [2.24, 2.45) is 10.7 Å². The minimum absolute atomic E-state index is 0.466. The molecular formula is C10H10N4. The lowest BCUT2D eigenvalue weighted by molar-refractivity contribution is 0.984. The third-order valence-corrected chi connectivity index (χ3v) is 2.47. The average Bonchev–Trinajstić information content (AvgIpc) is 2.75. The third-order valence-electron chi connectivity index (χ3n) is 2.47. The highest BCUT2D eigenvalue weighted by Gasteiger charge is 2.18. The van der Waals surface area contributed by atoms with Crippen LogP contribution in [0.1, 0.15) is 5.82 Å². The number of imidazole rings is 1. The maximum atomic E-state index is 5.62. The van der Waals surface area contributed by atoms with E-state index >= 15 is 0 Å². The SMILES string of the molecule is NCC1=NCc2nc3ccccc3n21. The van der Waals surface area contributed by atoms with Crippen LogP contribution in [0, 0.1) is 0 Å². The second-order valence-electron chi connectivity index (χ2n) is 3.29. The van der Waals surface area contributed by atoms with Gasteiger partial charge < -0.3 is 5.73 Å². The van der Waals surface area contributed by atoms with E-state index in [1.54, 1.807) is 0 Å². The molecule has 0 saturated heterocycles. The molecule has 0 amide bonds. The van der Waals surface area contributed by atoms with Crippen LogP contribution >= 0.6 is 0 Å². The summed E-state index contributed by atoms with van der Waals surface area (Å²) in [7, 11) is 0. The number of hydrogen-bond acceptors (Lipinski definition) is 3. The fourth-order valence-corrected chi connectivity index (χ4v) is 1.86. The van der Waals surface area contributed by atoms with Gasteiger partial charge in [-0.1, -0.05) is 12.1 Å². The van der Waals surface area contributed by atoms with Gasteiger partial charge in [-0.3, -0.25) is 9.56 Å². The van der Waals surface area contributed by atoms with Crippen molar-refractivity contribution in [2.75, 3.05) is 6.54 Å². The van der Waals surface area contributed by atoms with E-state index in [1.165, 1.54) is 0 Å². The van der Waals surface area contributed by atoms with E-state index in [-0.39, 0.29) is 0 Å². The van der Waals surface area contributed by atoms with Gasteiger partial charge in [-0.15, -0.1) is 0 Å². The van der Waals surface area contributed by atoms with E-state index in [4.69, 9.17) is 5.73 Å². The van der Waals surface area contributed by atoms with Gasteiger partial charge in [0, 0.05) is 0 Å². The summed E-state index contributed by atoms with van der Waals surface area (Å²) in [4.78, 5) is 8.81. The summed E-state index contributed by atoms with van der Waals surface area (Å²) in [5, 5.41) is 0. The monoisotopic (exact) mass is 186 g/mol. The van der Waals surface area contributed by atoms with Gasteiger partial charge in [0.05, 0.1) is 24.1 Å². The second kappa shape index (κ2) is 2.65. The van der Waals surface area contributed by atoms with Gasteiger partial charge in [-0.25, -0.2) is 4.98 Å². The number of hydrogen-bond donors (Lipinski definition) is 1. The number of fused-ring (bicyclic) bond motifs is 3. The molecule has 2 N–H and O–H groups in total. The highest BCUT2D eigenvalue weighted by molar-refractivity contribution is 5.96. The standard InChI is InChI=1S/C10H10N4/c11-5-9-12-6-10-13-7-3-1-2-4-8(7)14(9)10/h1-4H,5-6,11H2. The van der Waals surface area contributed by atoms with Crippen LogP contribution in [-0.4, -0.2) is 21.9 Å². The molecular weight excluding hydrogens is 176 g/mol. The van der Waals surface area contributed by atoms with E-state index in [0.717, 1.165) is 22.7 Å². The molecule has 1 aliphatic rings. The Morgan fingerprint density at radius 1 is 1.36 bits per heavy atom. The number of nitrogens with zero attached hydrogens (tertiary/aromatic N) is 3. The van der Waals surface area contributed by atoms with Crippen LogP contribution in [-0.2, 0) is 6.54 Å². The molecule has 2 aromatic rings. The molecule has 1 aromatic carbocycles. The van der Waals surface area contributed by atoms with Crippen LogP contribution in [0.4, 0.5) is 0 Å². The van der Waals surface area contributed by atoms with Gasteiger partial charge in [-0.05, 0) is 12.1 Å². The van der Waals surface area contributed by atoms with Crippen LogP contribution in [0.5, 0.6) is 0 Å². The molecule has 2 heterocycles. The summed E-state index contributed by atoms with van der Waals surface area (Å²) in [6, 6.07) is 8.05. The lowest BCUT2D eigenvalue weighted by Gasteiger charge is -2.01. The molecule has 0 saturated carbocycles. The first-order valence-corrected chi connectivity index (χ1v) is 4.60. The molecule has 0 spiro atoms. The number of rotatable bonds is 1. The molecule has 0 unspecified atom stereocenters. The quantitative estimate of drug-likeness (QED) is 0.714. The zero-order valence-electron chi connectivity index (χ0n) is 7.64. The molecule has 1 aromatic heterocycles. The largest absolute Gasteiger partial charge is 0.324 e. The molecule has 0 atom stereocenters. The predicted molar refractivity (Wildman–Crippen MR) is 55.3 cm³/mol. The topological polar surface area (TPSA) is 56.2 Å². The summed E-state index contributed by atoms with van der Waals surface area (Å²) < 4.78 is 2.05. The van der Waals surface area contributed by atoms with Crippen molar-refractivity contribution in [3.8, 4) is 0 Å². The number of aromatic nitrogens is 2. The van der Waals surface area contributed by atoms with Crippen molar-refractivity contribution in [3.05, 3.63) is 30.1 Å². The normalized spacial score (nSPS) is 14.5. The summed E-state index contributed by atoms with van der Waals surface area (Å²) in [5.74, 6) is 1.90. The van der Waals surface area contributed by atoms with Crippen molar-refractivity contribution >= 4 is 16.9 Å². The van der Waals surface area contributed by atoms with Crippen molar-refractivity contribution < 1.29 is 0 Å². The minimum atomic E-state index is 0.466. The first-order valence-electron chi connectivity index (χ1n) is 4.60. The second-order valence-corrected chi connectivity index (χ2v) is 3.29. The van der Waals surface area contributed by atoms with E-state index in [9.17, 15) is 0 Å². The Hall–Kier alpha value is -1.68. The van der Waals surface area contributed by atoms with Gasteiger partial charge in [0.15, 0.2) is 0 Å². The molecule has 14 heavy (non-hydrogen) atoms. The fraction of sp³-hybridized carbons (Fsp3) is 0.200. The zero-order chi connectivity index (χ0) is 9.54. The summed E-state index contributed by atoms with van der Waals surface area (Å²) in [6.45, 7) is 1.12. The van der Waals surface area contributed by atoms with Gasteiger partial charge in [0.1, 0.15) is 11.7 Å². The fourth-order valence-electron chi connectivity index (χ4n) is 1.86. The molecule has 0 bridgehead atoms. The van der Waals surface area contributed by atoms with E-state index < -0.39 is 0 Å². The van der Waals surface area contributed by atoms with E-state index in [2.05, 4.69) is 14.5 Å². The van der Waals surface area contributed by atoms with Crippen molar-refractivity contribution in [2.45, 2.75) is 6.54 Å². The Balaban J connectivity index is 2.35. The zero-order valence-corrected chi connectivity index (χ0v) is 7.64. The highest BCUT2D eigenvalue weighted by Crippen LogP contribution is 2.19. The molecule has 70 valence electrons. The van der Waals surface area contributed by atoms with Gasteiger partial charge in [0.25, 0.3) is 0 Å². The van der Waals surface area contributed by atoms with E-state index in [0.29, 0.717) is 13.1 Å². The summed E-state index contributed by atoms with van der Waals surface area (Å²) in [5.41, 5.74) is 7.74. The molecule has 0 aliphatic carbocycles. The average molecular weight is 186 g/mol. The maximum Gasteiger partial charge on any atom is 0.137 e. The molecule has 3 rings (SSSR count). The van der Waals surface area contributed by atoms with Crippen LogP contribution in [0.25, 0.3) is 11.0 Å². The summed E-state index contributed by atoms with van der Waals surface area (Å²) in [6.07, 6.45) is 0. The number of para-hydroxylation sites is 2. The van der Waals surface area contributed by atoms with Gasteiger partial charge in [-0.2, -0.15) is 0 Å². The molecule has 0 radical (unpaired) electrons. The van der Waals surface area contributed by atoms with Crippen molar-refractivity contribution in [1.82, 2.24) is 9.55 Å². The van der Waals surface area contributed by atoms with Crippen LogP contribution < -0.4 is 5.73 Å². The number of aliphatic imine (C=N–C) groups is 1.